The molecule has 1 fully saturated rings. The predicted octanol–water partition coefficient (Wildman–Crippen LogP) is 5.47. The van der Waals surface area contributed by atoms with Gasteiger partial charge >= 0.3 is 6.03 Å². The van der Waals surface area contributed by atoms with Crippen molar-refractivity contribution in [2.75, 3.05) is 28.6 Å². The Morgan fingerprint density at radius 1 is 1.00 bits per heavy atom. The standard InChI is InChI=1S/C25H34N4O2/c1-5-19(4)26-24(30)21-16-20(10-12-23(21)29-13-7-6-8-14-29)27-25(31)28-22-11-9-17(2)15-18(22)3/h9-12,15-16,19H,5-8,13-14H2,1-4H3,(H,26,30)(H2,27,28,31)/t19-/m0/s1. The van der Waals surface area contributed by atoms with Crippen LogP contribution in [0, 0.1) is 13.8 Å². The molecule has 166 valence electrons. The van der Waals surface area contributed by atoms with Crippen LogP contribution in [0.3, 0.4) is 0 Å². The topological polar surface area (TPSA) is 73.5 Å². The smallest absolute Gasteiger partial charge is 0.323 e. The van der Waals surface area contributed by atoms with Gasteiger partial charge in [0, 0.05) is 36.2 Å². The summed E-state index contributed by atoms with van der Waals surface area (Å²) in [7, 11) is 0. The number of urea groups is 1. The molecule has 0 spiro atoms. The molecule has 1 saturated heterocycles. The van der Waals surface area contributed by atoms with E-state index in [0.29, 0.717) is 11.3 Å². The van der Waals surface area contributed by atoms with E-state index in [0.717, 1.165) is 54.9 Å². The van der Waals surface area contributed by atoms with Crippen LogP contribution in [0.2, 0.25) is 0 Å². The van der Waals surface area contributed by atoms with Crippen LogP contribution in [0.15, 0.2) is 36.4 Å². The maximum atomic E-state index is 13.0. The summed E-state index contributed by atoms with van der Waals surface area (Å²) in [4.78, 5) is 27.9. The Bertz CT molecular complexity index is 935. The Kier molecular flexibility index (Phi) is 7.55. The number of rotatable bonds is 6. The van der Waals surface area contributed by atoms with Crippen molar-refractivity contribution in [3.63, 3.8) is 0 Å². The molecule has 2 aromatic rings. The summed E-state index contributed by atoms with van der Waals surface area (Å²) in [5, 5.41) is 8.83. The van der Waals surface area contributed by atoms with Gasteiger partial charge in [-0.2, -0.15) is 0 Å². The third-order valence-electron chi connectivity index (χ3n) is 5.82. The molecular weight excluding hydrogens is 388 g/mol. The van der Waals surface area contributed by atoms with Crippen molar-refractivity contribution in [3.05, 3.63) is 53.1 Å². The van der Waals surface area contributed by atoms with Gasteiger partial charge in [-0.15, -0.1) is 0 Å². The number of aryl methyl sites for hydroxylation is 2. The van der Waals surface area contributed by atoms with Crippen LogP contribution in [0.4, 0.5) is 21.9 Å². The number of hydrogen-bond acceptors (Lipinski definition) is 3. The summed E-state index contributed by atoms with van der Waals surface area (Å²) >= 11 is 0. The maximum absolute atomic E-state index is 13.0. The minimum Gasteiger partial charge on any atom is -0.371 e. The van der Waals surface area contributed by atoms with Gasteiger partial charge in [0.2, 0.25) is 0 Å². The number of carbonyl (C=O) groups is 2. The van der Waals surface area contributed by atoms with Crippen LogP contribution in [0.1, 0.15) is 61.0 Å². The first-order valence-corrected chi connectivity index (χ1v) is 11.2. The number of benzene rings is 2. The molecule has 0 saturated carbocycles. The van der Waals surface area contributed by atoms with Gasteiger partial charge in [-0.1, -0.05) is 24.6 Å². The fourth-order valence-electron chi connectivity index (χ4n) is 3.85. The monoisotopic (exact) mass is 422 g/mol. The molecule has 1 atom stereocenters. The first kappa shape index (κ1) is 22.7. The normalized spacial score (nSPS) is 14.6. The van der Waals surface area contributed by atoms with Crippen LogP contribution in [0.25, 0.3) is 0 Å². The third kappa shape index (κ3) is 6.00. The number of nitrogens with one attached hydrogen (secondary N) is 3. The van der Waals surface area contributed by atoms with E-state index in [1.807, 2.05) is 58.0 Å². The van der Waals surface area contributed by atoms with E-state index < -0.39 is 0 Å². The lowest BCUT2D eigenvalue weighted by Gasteiger charge is -2.31. The summed E-state index contributed by atoms with van der Waals surface area (Å²) in [5.74, 6) is -0.103. The van der Waals surface area contributed by atoms with E-state index in [2.05, 4.69) is 20.9 Å². The Labute approximate surface area is 185 Å². The Hall–Kier alpha value is -3.02. The van der Waals surface area contributed by atoms with Crippen molar-refractivity contribution in [1.29, 1.82) is 0 Å². The Morgan fingerprint density at radius 3 is 2.42 bits per heavy atom. The van der Waals surface area contributed by atoms with Gasteiger partial charge in [0.15, 0.2) is 0 Å². The SMILES string of the molecule is CC[C@H](C)NC(=O)c1cc(NC(=O)Nc2ccc(C)cc2C)ccc1N1CCCCC1. The van der Waals surface area contributed by atoms with Crippen molar-refractivity contribution in [1.82, 2.24) is 5.32 Å². The van der Waals surface area contributed by atoms with E-state index in [1.165, 1.54) is 6.42 Å². The third-order valence-corrected chi connectivity index (χ3v) is 5.82. The van der Waals surface area contributed by atoms with Crippen molar-refractivity contribution >= 4 is 29.0 Å². The van der Waals surface area contributed by atoms with E-state index in [-0.39, 0.29) is 18.0 Å². The highest BCUT2D eigenvalue weighted by atomic mass is 16.2. The van der Waals surface area contributed by atoms with Gasteiger partial charge in [-0.25, -0.2) is 4.79 Å². The number of carbonyl (C=O) groups excluding carboxylic acids is 2. The van der Waals surface area contributed by atoms with E-state index in [4.69, 9.17) is 0 Å². The zero-order valence-corrected chi connectivity index (χ0v) is 19.0. The summed E-state index contributed by atoms with van der Waals surface area (Å²) in [5.41, 5.74) is 5.05. The van der Waals surface area contributed by atoms with Crippen molar-refractivity contribution in [2.45, 2.75) is 59.4 Å². The molecule has 0 bridgehead atoms. The van der Waals surface area contributed by atoms with E-state index in [9.17, 15) is 9.59 Å². The number of hydrogen-bond donors (Lipinski definition) is 3. The number of anilines is 3. The second-order valence-corrected chi connectivity index (χ2v) is 8.46. The number of piperidine rings is 1. The quantitative estimate of drug-likeness (QED) is 0.578. The van der Waals surface area contributed by atoms with Gasteiger partial charge in [0.05, 0.1) is 5.56 Å². The molecule has 31 heavy (non-hydrogen) atoms. The lowest BCUT2D eigenvalue weighted by molar-refractivity contribution is 0.0939. The molecule has 0 aliphatic carbocycles. The minimum absolute atomic E-state index is 0.0890. The van der Waals surface area contributed by atoms with Gasteiger partial charge in [-0.05, 0) is 76.3 Å². The molecule has 1 aliphatic heterocycles. The molecule has 1 heterocycles. The van der Waals surface area contributed by atoms with Gasteiger partial charge in [-0.3, -0.25) is 4.79 Å². The van der Waals surface area contributed by atoms with Crippen LogP contribution in [0.5, 0.6) is 0 Å². The van der Waals surface area contributed by atoms with E-state index in [1.54, 1.807) is 6.07 Å². The lowest BCUT2D eigenvalue weighted by atomic mass is 10.1. The highest BCUT2D eigenvalue weighted by Gasteiger charge is 2.20. The highest BCUT2D eigenvalue weighted by Crippen LogP contribution is 2.28. The second-order valence-electron chi connectivity index (χ2n) is 8.46. The molecule has 0 unspecified atom stereocenters. The van der Waals surface area contributed by atoms with Crippen molar-refractivity contribution < 1.29 is 9.59 Å². The van der Waals surface area contributed by atoms with Crippen LogP contribution >= 0.6 is 0 Å². The predicted molar refractivity (Wildman–Crippen MR) is 128 cm³/mol. The summed E-state index contributed by atoms with van der Waals surface area (Å²) in [6.07, 6.45) is 4.35. The van der Waals surface area contributed by atoms with Gasteiger partial charge in [0.1, 0.15) is 0 Å². The molecule has 1 aliphatic rings. The van der Waals surface area contributed by atoms with Gasteiger partial charge < -0.3 is 20.9 Å². The molecule has 0 radical (unpaired) electrons. The summed E-state index contributed by atoms with van der Waals surface area (Å²) in [6.45, 7) is 9.93. The molecular formula is C25H34N4O2. The van der Waals surface area contributed by atoms with E-state index >= 15 is 0 Å². The fourth-order valence-corrected chi connectivity index (χ4v) is 3.85. The Balaban J connectivity index is 1.80. The zero-order chi connectivity index (χ0) is 22.4. The van der Waals surface area contributed by atoms with Crippen LogP contribution in [-0.2, 0) is 0 Å². The first-order valence-electron chi connectivity index (χ1n) is 11.2. The molecule has 3 amide bonds. The number of amides is 3. The van der Waals surface area contributed by atoms with Crippen LogP contribution in [-0.4, -0.2) is 31.1 Å². The highest BCUT2D eigenvalue weighted by molar-refractivity contribution is 6.04. The number of nitrogens with zero attached hydrogens (tertiary/aromatic N) is 1. The molecule has 0 aromatic heterocycles. The molecule has 3 rings (SSSR count). The largest absolute Gasteiger partial charge is 0.371 e. The van der Waals surface area contributed by atoms with Crippen molar-refractivity contribution in [3.8, 4) is 0 Å². The van der Waals surface area contributed by atoms with Crippen LogP contribution < -0.4 is 20.9 Å². The fraction of sp³-hybridized carbons (Fsp3) is 0.440. The zero-order valence-electron chi connectivity index (χ0n) is 19.0. The average Bonchev–Trinajstić information content (AvgIpc) is 2.76. The van der Waals surface area contributed by atoms with Crippen molar-refractivity contribution in [2.24, 2.45) is 0 Å². The summed E-state index contributed by atoms with van der Waals surface area (Å²) < 4.78 is 0. The average molecular weight is 423 g/mol. The Morgan fingerprint density at radius 2 is 1.74 bits per heavy atom. The summed E-state index contributed by atoms with van der Waals surface area (Å²) in [6, 6.07) is 11.2. The maximum Gasteiger partial charge on any atom is 0.323 e. The second kappa shape index (κ2) is 10.3. The minimum atomic E-state index is -0.328. The molecule has 3 N–H and O–H groups in total. The molecule has 6 nitrogen and oxygen atoms in total. The molecule has 2 aromatic carbocycles. The van der Waals surface area contributed by atoms with Gasteiger partial charge in [0.25, 0.3) is 5.91 Å². The molecule has 6 heteroatoms. The lowest BCUT2D eigenvalue weighted by Crippen LogP contribution is -2.35. The first-order chi connectivity index (χ1) is 14.9.